The average molecular weight is 497 g/mol. The van der Waals surface area contributed by atoms with Crippen LogP contribution in [0.5, 0.6) is 5.75 Å². The lowest BCUT2D eigenvalue weighted by Gasteiger charge is -2.36. The summed E-state index contributed by atoms with van der Waals surface area (Å²) in [5, 5.41) is 4.34. The summed E-state index contributed by atoms with van der Waals surface area (Å²) in [6.07, 6.45) is 3.01. The normalized spacial score (nSPS) is 16.0. The molecule has 1 saturated heterocycles. The van der Waals surface area contributed by atoms with Crippen molar-refractivity contribution in [2.75, 3.05) is 82.1 Å². The highest BCUT2D eigenvalue weighted by molar-refractivity contribution is 5.58. The number of aromatic nitrogens is 5. The zero-order valence-electron chi connectivity index (χ0n) is 23.1. The molecule has 4 heterocycles. The van der Waals surface area contributed by atoms with E-state index in [-0.39, 0.29) is 19.2 Å². The number of nitrogens with zero attached hydrogens (tertiary/aromatic N) is 8. The molecule has 0 unspecified atom stereocenters. The van der Waals surface area contributed by atoms with Crippen molar-refractivity contribution in [3.63, 3.8) is 0 Å². The molecule has 2 N–H and O–H groups in total. The topological polar surface area (TPSA) is 123 Å². The molecule has 1 aliphatic heterocycles. The summed E-state index contributed by atoms with van der Waals surface area (Å²) in [7, 11) is -0.412. The molecule has 0 aliphatic carbocycles. The van der Waals surface area contributed by atoms with Gasteiger partial charge in [-0.1, -0.05) is 0 Å². The van der Waals surface area contributed by atoms with Gasteiger partial charge in [0, 0.05) is 65.1 Å². The molecule has 12 heteroatoms. The lowest BCUT2D eigenvalue weighted by molar-refractivity contribution is 0.146. The van der Waals surface area contributed by atoms with E-state index in [2.05, 4.69) is 34.8 Å². The van der Waals surface area contributed by atoms with Gasteiger partial charge in [0.05, 0.1) is 16.9 Å². The molecule has 0 spiro atoms. The Labute approximate surface area is 213 Å². The number of nitrogen functional groups attached to an aromatic ring is 1. The Morgan fingerprint density at radius 1 is 1.14 bits per heavy atom. The molecule has 12 nitrogen and oxygen atoms in total. The van der Waals surface area contributed by atoms with E-state index in [1.807, 2.05) is 37.4 Å². The van der Waals surface area contributed by atoms with Gasteiger partial charge >= 0.3 is 0 Å². The van der Waals surface area contributed by atoms with Crippen molar-refractivity contribution in [3.8, 4) is 17.5 Å². The number of piperazine rings is 1. The fraction of sp³-hybridized carbons (Fsp3) is 0.417. The van der Waals surface area contributed by atoms with Gasteiger partial charge in [-0.2, -0.15) is 9.50 Å². The SMILES string of the molecule is [2H]C([2H])([2H])OCCOc1ccc(N2CCN(CCN(C)c3cc4nc(-c5ncco5)nn4c(N)n3)CC2)cc1. The second-order valence-corrected chi connectivity index (χ2v) is 8.46. The standard InChI is InChI=1S/C24H31N9O3/c1-30(20-17-21-27-22(23-26-7-14-36-23)29-33(21)24(25)28-20)8-9-31-10-12-32(13-11-31)18-3-5-19(6-4-18)35-16-15-34-2/h3-7,14,17H,8-13,15-16H2,1-2H3,(H2,25,28)/i2D3. The molecule has 0 atom stereocenters. The Kier molecular flexibility index (Phi) is 6.09. The number of oxazole rings is 1. The van der Waals surface area contributed by atoms with E-state index in [4.69, 9.17) is 23.7 Å². The van der Waals surface area contributed by atoms with Crippen molar-refractivity contribution in [2.24, 2.45) is 0 Å². The second kappa shape index (κ2) is 10.8. The van der Waals surface area contributed by atoms with E-state index >= 15 is 0 Å². The molecular formula is C24H31N9O3. The van der Waals surface area contributed by atoms with Crippen LogP contribution in [0.25, 0.3) is 17.4 Å². The maximum Gasteiger partial charge on any atom is 0.266 e. The van der Waals surface area contributed by atoms with Crippen LogP contribution in [0.4, 0.5) is 17.5 Å². The first-order chi connectivity index (χ1) is 18.7. The highest BCUT2D eigenvalue weighted by Crippen LogP contribution is 2.22. The predicted molar refractivity (Wildman–Crippen MR) is 136 cm³/mol. The quantitative estimate of drug-likeness (QED) is 0.322. The van der Waals surface area contributed by atoms with Gasteiger partial charge in [0.1, 0.15) is 24.4 Å². The molecule has 1 aromatic carbocycles. The van der Waals surface area contributed by atoms with E-state index in [1.54, 1.807) is 6.20 Å². The molecule has 0 radical (unpaired) electrons. The monoisotopic (exact) mass is 496 g/mol. The molecule has 4 aromatic rings. The summed E-state index contributed by atoms with van der Waals surface area (Å²) in [5.74, 6) is 2.33. The molecule has 190 valence electrons. The lowest BCUT2D eigenvalue weighted by atomic mass is 10.2. The van der Waals surface area contributed by atoms with Crippen LogP contribution < -0.4 is 20.3 Å². The Balaban J connectivity index is 1.08. The number of nitrogens with two attached hydrogens (primary N) is 1. The van der Waals surface area contributed by atoms with Gasteiger partial charge in [-0.15, -0.1) is 5.10 Å². The number of hydrogen-bond acceptors (Lipinski definition) is 11. The summed E-state index contributed by atoms with van der Waals surface area (Å²) >= 11 is 0. The fourth-order valence-corrected chi connectivity index (χ4v) is 4.11. The number of rotatable bonds is 10. The smallest absolute Gasteiger partial charge is 0.266 e. The van der Waals surface area contributed by atoms with Crippen LogP contribution in [-0.2, 0) is 4.74 Å². The maximum atomic E-state index is 7.04. The van der Waals surface area contributed by atoms with Gasteiger partial charge in [0.2, 0.25) is 11.8 Å². The van der Waals surface area contributed by atoms with Crippen molar-refractivity contribution >= 4 is 23.1 Å². The minimum absolute atomic E-state index is 0.0124. The van der Waals surface area contributed by atoms with Gasteiger partial charge in [-0.05, 0) is 24.3 Å². The molecule has 0 bridgehead atoms. The Morgan fingerprint density at radius 3 is 2.72 bits per heavy atom. The summed E-state index contributed by atoms with van der Waals surface area (Å²) in [6, 6.07) is 9.68. The number of methoxy groups -OCH3 is 1. The Morgan fingerprint density at radius 2 is 1.97 bits per heavy atom. The van der Waals surface area contributed by atoms with Crippen LogP contribution in [0.3, 0.4) is 0 Å². The second-order valence-electron chi connectivity index (χ2n) is 8.46. The molecule has 36 heavy (non-hydrogen) atoms. The first-order valence-electron chi connectivity index (χ1n) is 13.2. The van der Waals surface area contributed by atoms with E-state index in [0.29, 0.717) is 23.1 Å². The summed E-state index contributed by atoms with van der Waals surface area (Å²) in [5.41, 5.74) is 7.85. The zero-order chi connectivity index (χ0) is 27.4. The molecule has 5 rings (SSSR count). The number of benzene rings is 1. The summed E-state index contributed by atoms with van der Waals surface area (Å²) in [6.45, 7) is 5.57. The highest BCUT2D eigenvalue weighted by atomic mass is 16.5. The van der Waals surface area contributed by atoms with Crippen molar-refractivity contribution < 1.29 is 18.0 Å². The number of fused-ring (bicyclic) bond motifs is 1. The van der Waals surface area contributed by atoms with E-state index in [0.717, 1.165) is 50.8 Å². The van der Waals surface area contributed by atoms with Crippen molar-refractivity contribution in [2.45, 2.75) is 0 Å². The van der Waals surface area contributed by atoms with Gasteiger partial charge in [0.25, 0.3) is 5.89 Å². The summed E-state index contributed by atoms with van der Waals surface area (Å²) in [4.78, 5) is 19.9. The van der Waals surface area contributed by atoms with Gasteiger partial charge in [0.15, 0.2) is 5.65 Å². The Bertz CT molecular complexity index is 1360. The molecule has 1 aliphatic rings. The zero-order valence-corrected chi connectivity index (χ0v) is 20.1. The first kappa shape index (κ1) is 20.3. The summed E-state index contributed by atoms with van der Waals surface area (Å²) < 4.78 is 38.2. The number of likely N-dealkylation sites (N-methyl/N-ethyl adjacent to an activating group) is 1. The first-order valence-corrected chi connectivity index (χ1v) is 11.7. The van der Waals surface area contributed by atoms with Crippen molar-refractivity contribution in [1.82, 2.24) is 29.5 Å². The minimum atomic E-state index is -2.40. The Hall–Kier alpha value is -3.90. The van der Waals surface area contributed by atoms with Crippen LogP contribution in [0.15, 0.2) is 47.2 Å². The minimum Gasteiger partial charge on any atom is -0.491 e. The molecule has 0 saturated carbocycles. The average Bonchev–Trinajstić information content (AvgIpc) is 3.60. The predicted octanol–water partition coefficient (Wildman–Crippen LogP) is 1.65. The lowest BCUT2D eigenvalue weighted by Crippen LogP contribution is -2.48. The van der Waals surface area contributed by atoms with Crippen molar-refractivity contribution in [1.29, 1.82) is 0 Å². The van der Waals surface area contributed by atoms with Crippen LogP contribution in [0.1, 0.15) is 4.11 Å². The van der Waals surface area contributed by atoms with Crippen LogP contribution >= 0.6 is 0 Å². The third-order valence-electron chi connectivity index (χ3n) is 6.13. The molecule has 3 aromatic heterocycles. The van der Waals surface area contributed by atoms with Gasteiger partial charge in [-0.3, -0.25) is 4.90 Å². The van der Waals surface area contributed by atoms with E-state index in [1.165, 1.54) is 10.8 Å². The van der Waals surface area contributed by atoms with Crippen LogP contribution in [0, 0.1) is 0 Å². The maximum absolute atomic E-state index is 7.04. The third-order valence-corrected chi connectivity index (χ3v) is 6.13. The van der Waals surface area contributed by atoms with Crippen LogP contribution in [0.2, 0.25) is 0 Å². The fourth-order valence-electron chi connectivity index (χ4n) is 4.11. The number of anilines is 3. The molecular weight excluding hydrogens is 462 g/mol. The number of hydrogen-bond donors (Lipinski definition) is 1. The molecule has 0 amide bonds. The van der Waals surface area contributed by atoms with E-state index in [9.17, 15) is 0 Å². The largest absolute Gasteiger partial charge is 0.491 e. The van der Waals surface area contributed by atoms with E-state index < -0.39 is 7.04 Å². The van der Waals surface area contributed by atoms with Crippen molar-refractivity contribution in [3.05, 3.63) is 42.8 Å². The van der Waals surface area contributed by atoms with Gasteiger partial charge < -0.3 is 29.4 Å². The number of ether oxygens (including phenoxy) is 2. The molecule has 1 fully saturated rings. The van der Waals surface area contributed by atoms with Gasteiger partial charge in [-0.25, -0.2) is 9.97 Å². The highest BCUT2D eigenvalue weighted by Gasteiger charge is 2.19. The third kappa shape index (κ3) is 5.34. The van der Waals surface area contributed by atoms with Crippen LogP contribution in [-0.4, -0.2) is 96.0 Å².